The predicted molar refractivity (Wildman–Crippen MR) is 80.8 cm³/mol. The van der Waals surface area contributed by atoms with Crippen molar-refractivity contribution in [3.63, 3.8) is 0 Å². The lowest BCUT2D eigenvalue weighted by atomic mass is 9.74. The largest absolute Gasteiger partial charge is 0.481 e. The Hall–Kier alpha value is -1.35. The summed E-state index contributed by atoms with van der Waals surface area (Å²) in [6.45, 7) is 4.26. The Morgan fingerprint density at radius 2 is 1.90 bits per heavy atom. The monoisotopic (exact) mass is 275 g/mol. The van der Waals surface area contributed by atoms with Crippen LogP contribution in [-0.4, -0.2) is 35.1 Å². The molecule has 0 aliphatic heterocycles. The summed E-state index contributed by atoms with van der Waals surface area (Å²) in [4.78, 5) is 13.7. The molecule has 2 rings (SSSR count). The molecule has 0 aromatic heterocycles. The molecule has 0 heterocycles. The number of hydrogen-bond acceptors (Lipinski definition) is 2. The summed E-state index contributed by atoms with van der Waals surface area (Å²) in [5.74, 6) is -0.394. The first kappa shape index (κ1) is 15.0. The van der Waals surface area contributed by atoms with Gasteiger partial charge in [-0.25, -0.2) is 0 Å². The Morgan fingerprint density at radius 3 is 2.45 bits per heavy atom. The molecule has 0 bridgehead atoms. The number of benzene rings is 1. The second-order valence-electron chi connectivity index (χ2n) is 6.19. The Labute approximate surface area is 121 Å². The molecule has 3 heteroatoms. The van der Waals surface area contributed by atoms with Crippen LogP contribution in [0.2, 0.25) is 0 Å². The summed E-state index contributed by atoms with van der Waals surface area (Å²) in [5.41, 5.74) is 1.35. The van der Waals surface area contributed by atoms with Gasteiger partial charge in [0.2, 0.25) is 0 Å². The van der Waals surface area contributed by atoms with Crippen LogP contribution in [0.5, 0.6) is 0 Å². The highest BCUT2D eigenvalue weighted by atomic mass is 16.4. The van der Waals surface area contributed by atoms with Crippen LogP contribution in [0.4, 0.5) is 0 Å². The van der Waals surface area contributed by atoms with Crippen LogP contribution < -0.4 is 0 Å². The topological polar surface area (TPSA) is 40.5 Å². The fourth-order valence-electron chi connectivity index (χ4n) is 3.30. The SMILES string of the molecule is CC(C)N(C)C1CC(c2ccccc2)CCC1C(=O)O. The van der Waals surface area contributed by atoms with Gasteiger partial charge in [-0.1, -0.05) is 30.3 Å². The molecule has 3 atom stereocenters. The van der Waals surface area contributed by atoms with E-state index in [9.17, 15) is 9.90 Å². The van der Waals surface area contributed by atoms with Crippen molar-refractivity contribution in [2.75, 3.05) is 7.05 Å². The quantitative estimate of drug-likeness (QED) is 0.916. The fraction of sp³-hybridized carbons (Fsp3) is 0.588. The zero-order chi connectivity index (χ0) is 14.7. The molecule has 1 aliphatic rings. The second kappa shape index (κ2) is 6.40. The van der Waals surface area contributed by atoms with Crippen molar-refractivity contribution in [2.24, 2.45) is 5.92 Å². The van der Waals surface area contributed by atoms with Crippen LogP contribution in [0.25, 0.3) is 0 Å². The zero-order valence-electron chi connectivity index (χ0n) is 12.6. The van der Waals surface area contributed by atoms with E-state index < -0.39 is 5.97 Å². The fourth-order valence-corrected chi connectivity index (χ4v) is 3.30. The van der Waals surface area contributed by atoms with Crippen LogP contribution in [0.1, 0.15) is 44.6 Å². The molecule has 1 aliphatic carbocycles. The standard InChI is InChI=1S/C17H25NO2/c1-12(2)18(3)16-11-14(9-10-15(16)17(19)20)13-7-5-4-6-8-13/h4-8,12,14-16H,9-11H2,1-3H3,(H,19,20). The summed E-state index contributed by atoms with van der Waals surface area (Å²) in [6.07, 6.45) is 2.69. The van der Waals surface area contributed by atoms with Crippen LogP contribution in [0.15, 0.2) is 30.3 Å². The highest BCUT2D eigenvalue weighted by Gasteiger charge is 2.38. The zero-order valence-corrected chi connectivity index (χ0v) is 12.6. The number of carboxylic acids is 1. The van der Waals surface area contributed by atoms with Crippen molar-refractivity contribution in [3.8, 4) is 0 Å². The lowest BCUT2D eigenvalue weighted by Crippen LogP contribution is -2.47. The van der Waals surface area contributed by atoms with Gasteiger partial charge >= 0.3 is 5.97 Å². The molecule has 20 heavy (non-hydrogen) atoms. The first-order chi connectivity index (χ1) is 9.50. The minimum Gasteiger partial charge on any atom is -0.481 e. The van der Waals surface area contributed by atoms with Gasteiger partial charge < -0.3 is 10.0 Å². The van der Waals surface area contributed by atoms with E-state index in [-0.39, 0.29) is 12.0 Å². The van der Waals surface area contributed by atoms with Crippen molar-refractivity contribution in [3.05, 3.63) is 35.9 Å². The third-order valence-electron chi connectivity index (χ3n) is 4.74. The Kier molecular flexibility index (Phi) is 4.81. The molecule has 0 saturated heterocycles. The molecule has 3 unspecified atom stereocenters. The highest BCUT2D eigenvalue weighted by molar-refractivity contribution is 5.71. The minimum absolute atomic E-state index is 0.131. The molecule has 1 saturated carbocycles. The molecular formula is C17H25NO2. The van der Waals surface area contributed by atoms with Crippen molar-refractivity contribution in [1.29, 1.82) is 0 Å². The number of nitrogens with zero attached hydrogens (tertiary/aromatic N) is 1. The van der Waals surface area contributed by atoms with Gasteiger partial charge in [-0.05, 0) is 51.6 Å². The van der Waals surface area contributed by atoms with E-state index in [4.69, 9.17) is 0 Å². The molecule has 0 radical (unpaired) electrons. The van der Waals surface area contributed by atoms with E-state index in [0.717, 1.165) is 19.3 Å². The maximum Gasteiger partial charge on any atom is 0.308 e. The van der Waals surface area contributed by atoms with Gasteiger partial charge in [0.25, 0.3) is 0 Å². The van der Waals surface area contributed by atoms with Crippen molar-refractivity contribution >= 4 is 5.97 Å². The minimum atomic E-state index is -0.644. The van der Waals surface area contributed by atoms with Crippen LogP contribution in [0, 0.1) is 5.92 Å². The summed E-state index contributed by atoms with van der Waals surface area (Å²) in [5, 5.41) is 9.47. The smallest absolute Gasteiger partial charge is 0.308 e. The van der Waals surface area contributed by atoms with Gasteiger partial charge in [-0.15, -0.1) is 0 Å². The number of hydrogen-bond donors (Lipinski definition) is 1. The molecule has 1 fully saturated rings. The third-order valence-corrected chi connectivity index (χ3v) is 4.74. The van der Waals surface area contributed by atoms with Gasteiger partial charge in [0, 0.05) is 12.1 Å². The lowest BCUT2D eigenvalue weighted by Gasteiger charge is -2.41. The predicted octanol–water partition coefficient (Wildman–Crippen LogP) is 3.36. The van der Waals surface area contributed by atoms with Crippen LogP contribution in [0.3, 0.4) is 0 Å². The highest BCUT2D eigenvalue weighted by Crippen LogP contribution is 2.38. The first-order valence-corrected chi connectivity index (χ1v) is 7.50. The molecule has 1 aromatic rings. The normalized spacial score (nSPS) is 26.9. The van der Waals surface area contributed by atoms with E-state index in [1.807, 2.05) is 6.07 Å². The summed E-state index contributed by atoms with van der Waals surface area (Å²) in [7, 11) is 2.05. The molecule has 110 valence electrons. The van der Waals surface area contributed by atoms with E-state index in [2.05, 4.69) is 50.1 Å². The van der Waals surface area contributed by atoms with Crippen molar-refractivity contribution in [2.45, 2.75) is 51.1 Å². The average Bonchev–Trinajstić information content (AvgIpc) is 2.46. The number of carboxylic acid groups (broad SMARTS) is 1. The molecule has 3 nitrogen and oxygen atoms in total. The molecule has 1 N–H and O–H groups in total. The van der Waals surface area contributed by atoms with Crippen molar-refractivity contribution in [1.82, 2.24) is 4.90 Å². The van der Waals surface area contributed by atoms with Gasteiger partial charge in [0.15, 0.2) is 0 Å². The molecule has 0 amide bonds. The number of carbonyl (C=O) groups is 1. The summed E-state index contributed by atoms with van der Waals surface area (Å²) >= 11 is 0. The maximum atomic E-state index is 11.5. The van der Waals surface area contributed by atoms with E-state index in [1.54, 1.807) is 0 Å². The number of rotatable bonds is 4. The van der Waals surface area contributed by atoms with Gasteiger partial charge in [0.05, 0.1) is 5.92 Å². The van der Waals surface area contributed by atoms with Crippen molar-refractivity contribution < 1.29 is 9.90 Å². The maximum absolute atomic E-state index is 11.5. The van der Waals surface area contributed by atoms with Gasteiger partial charge in [0.1, 0.15) is 0 Å². The Morgan fingerprint density at radius 1 is 1.25 bits per heavy atom. The Bertz CT molecular complexity index is 444. The second-order valence-corrected chi connectivity index (χ2v) is 6.19. The summed E-state index contributed by atoms with van der Waals surface area (Å²) in [6, 6.07) is 11.0. The Balaban J connectivity index is 2.18. The van der Waals surface area contributed by atoms with E-state index in [0.29, 0.717) is 12.0 Å². The van der Waals surface area contributed by atoms with Gasteiger partial charge in [-0.2, -0.15) is 0 Å². The van der Waals surface area contributed by atoms with Crippen LogP contribution >= 0.6 is 0 Å². The van der Waals surface area contributed by atoms with Gasteiger partial charge in [-0.3, -0.25) is 4.79 Å². The third kappa shape index (κ3) is 3.21. The lowest BCUT2D eigenvalue weighted by molar-refractivity contribution is -0.146. The molecule has 0 spiro atoms. The van der Waals surface area contributed by atoms with Crippen LogP contribution in [-0.2, 0) is 4.79 Å². The van der Waals surface area contributed by atoms with E-state index >= 15 is 0 Å². The van der Waals surface area contributed by atoms with E-state index in [1.165, 1.54) is 5.56 Å². The average molecular weight is 275 g/mol. The number of aliphatic carboxylic acids is 1. The first-order valence-electron chi connectivity index (χ1n) is 7.50. The summed E-state index contributed by atoms with van der Waals surface area (Å²) < 4.78 is 0. The molecule has 1 aromatic carbocycles. The molecular weight excluding hydrogens is 250 g/mol.